The molecule has 0 atom stereocenters. The van der Waals surface area contributed by atoms with E-state index < -0.39 is 0 Å². The van der Waals surface area contributed by atoms with Crippen molar-refractivity contribution in [2.75, 3.05) is 26.3 Å². The first-order chi connectivity index (χ1) is 9.27. The molecule has 0 unspecified atom stereocenters. The van der Waals surface area contributed by atoms with Crippen molar-refractivity contribution in [2.45, 2.75) is 52.4 Å². The minimum atomic E-state index is 0.0425. The molecule has 110 valence electrons. The zero-order chi connectivity index (χ0) is 13.9. The van der Waals surface area contributed by atoms with Crippen LogP contribution in [-0.2, 0) is 4.74 Å². The Morgan fingerprint density at radius 3 is 2.32 bits per heavy atom. The van der Waals surface area contributed by atoms with E-state index in [1.807, 2.05) is 11.1 Å². The van der Waals surface area contributed by atoms with Gasteiger partial charge in [0.25, 0.3) is 0 Å². The van der Waals surface area contributed by atoms with Crippen molar-refractivity contribution in [3.05, 3.63) is 11.8 Å². The van der Waals surface area contributed by atoms with Crippen LogP contribution in [0.4, 0.5) is 4.79 Å². The third-order valence-electron chi connectivity index (χ3n) is 3.39. The first-order valence-corrected chi connectivity index (χ1v) is 7.59. The molecule has 0 bridgehead atoms. The summed E-state index contributed by atoms with van der Waals surface area (Å²) in [6, 6.07) is 0.0425. The molecule has 1 fully saturated rings. The lowest BCUT2D eigenvalue weighted by molar-refractivity contribution is 0.119. The molecule has 0 aliphatic carbocycles. The average molecular weight is 268 g/mol. The van der Waals surface area contributed by atoms with Crippen molar-refractivity contribution < 1.29 is 9.53 Å². The van der Waals surface area contributed by atoms with E-state index >= 15 is 0 Å². The number of rotatable bonds is 7. The van der Waals surface area contributed by atoms with Crippen molar-refractivity contribution in [3.63, 3.8) is 0 Å². The van der Waals surface area contributed by atoms with Gasteiger partial charge in [-0.3, -0.25) is 0 Å². The predicted octanol–water partition coefficient (Wildman–Crippen LogP) is 3.29. The molecular formula is C15H28N2O2. The SMILES string of the molecule is CCCCN(CCCC)C(=O)NC=C1CCOCC1. The summed E-state index contributed by atoms with van der Waals surface area (Å²) in [7, 11) is 0. The van der Waals surface area contributed by atoms with E-state index in [1.54, 1.807) is 0 Å². The topological polar surface area (TPSA) is 41.6 Å². The Kier molecular flexibility index (Phi) is 8.30. The number of amides is 2. The lowest BCUT2D eigenvalue weighted by Crippen LogP contribution is -2.39. The highest BCUT2D eigenvalue weighted by atomic mass is 16.5. The highest BCUT2D eigenvalue weighted by Gasteiger charge is 2.12. The average Bonchev–Trinajstić information content (AvgIpc) is 2.46. The van der Waals surface area contributed by atoms with E-state index in [0.717, 1.165) is 64.8 Å². The summed E-state index contributed by atoms with van der Waals surface area (Å²) >= 11 is 0. The van der Waals surface area contributed by atoms with Gasteiger partial charge < -0.3 is 15.0 Å². The van der Waals surface area contributed by atoms with Crippen LogP contribution in [0.25, 0.3) is 0 Å². The lowest BCUT2D eigenvalue weighted by Gasteiger charge is -2.22. The minimum Gasteiger partial charge on any atom is -0.381 e. The van der Waals surface area contributed by atoms with Gasteiger partial charge in [0.05, 0.1) is 13.2 Å². The molecule has 4 nitrogen and oxygen atoms in total. The van der Waals surface area contributed by atoms with Crippen LogP contribution in [0.1, 0.15) is 52.4 Å². The molecular weight excluding hydrogens is 240 g/mol. The Morgan fingerprint density at radius 2 is 1.79 bits per heavy atom. The molecule has 19 heavy (non-hydrogen) atoms. The highest BCUT2D eigenvalue weighted by molar-refractivity contribution is 5.75. The molecule has 2 amide bonds. The summed E-state index contributed by atoms with van der Waals surface area (Å²) in [5, 5.41) is 2.94. The Labute approximate surface area is 117 Å². The van der Waals surface area contributed by atoms with E-state index in [9.17, 15) is 4.79 Å². The maximum Gasteiger partial charge on any atom is 0.321 e. The van der Waals surface area contributed by atoms with E-state index in [-0.39, 0.29) is 6.03 Å². The van der Waals surface area contributed by atoms with Gasteiger partial charge in [-0.2, -0.15) is 0 Å². The number of hydrogen-bond donors (Lipinski definition) is 1. The van der Waals surface area contributed by atoms with E-state index in [0.29, 0.717) is 0 Å². The van der Waals surface area contributed by atoms with Crippen LogP contribution >= 0.6 is 0 Å². The van der Waals surface area contributed by atoms with E-state index in [4.69, 9.17) is 4.74 Å². The maximum atomic E-state index is 12.1. The number of carbonyl (C=O) groups is 1. The van der Waals surface area contributed by atoms with Crippen LogP contribution in [-0.4, -0.2) is 37.2 Å². The molecule has 0 radical (unpaired) electrons. The second kappa shape index (κ2) is 9.84. The largest absolute Gasteiger partial charge is 0.381 e. The molecule has 1 saturated heterocycles. The Hall–Kier alpha value is -1.03. The van der Waals surface area contributed by atoms with Crippen LogP contribution < -0.4 is 5.32 Å². The molecule has 0 spiro atoms. The van der Waals surface area contributed by atoms with Gasteiger partial charge in [-0.15, -0.1) is 0 Å². The summed E-state index contributed by atoms with van der Waals surface area (Å²) < 4.78 is 5.30. The standard InChI is InChI=1S/C15H28N2O2/c1-3-5-9-17(10-6-4-2)15(18)16-13-14-7-11-19-12-8-14/h13H,3-12H2,1-2H3,(H,16,18). The quantitative estimate of drug-likeness (QED) is 0.769. The molecule has 1 aliphatic heterocycles. The third-order valence-corrected chi connectivity index (χ3v) is 3.39. The van der Waals surface area contributed by atoms with Gasteiger partial charge in [-0.1, -0.05) is 26.7 Å². The lowest BCUT2D eigenvalue weighted by atomic mass is 10.1. The van der Waals surface area contributed by atoms with Crippen molar-refractivity contribution in [1.29, 1.82) is 0 Å². The molecule has 1 aliphatic rings. The van der Waals surface area contributed by atoms with Crippen LogP contribution in [0.2, 0.25) is 0 Å². The fourth-order valence-electron chi connectivity index (χ4n) is 2.05. The van der Waals surface area contributed by atoms with Crippen molar-refractivity contribution in [3.8, 4) is 0 Å². The minimum absolute atomic E-state index is 0.0425. The fraction of sp³-hybridized carbons (Fsp3) is 0.800. The highest BCUT2D eigenvalue weighted by Crippen LogP contribution is 2.12. The van der Waals surface area contributed by atoms with Crippen molar-refractivity contribution in [1.82, 2.24) is 10.2 Å². The Morgan fingerprint density at radius 1 is 1.21 bits per heavy atom. The smallest absolute Gasteiger partial charge is 0.321 e. The first-order valence-electron chi connectivity index (χ1n) is 7.59. The number of unbranched alkanes of at least 4 members (excludes halogenated alkanes) is 2. The normalized spacial score (nSPS) is 15.2. The van der Waals surface area contributed by atoms with Crippen LogP contribution in [0.15, 0.2) is 11.8 Å². The number of carbonyl (C=O) groups excluding carboxylic acids is 1. The van der Waals surface area contributed by atoms with Gasteiger partial charge in [-0.05, 0) is 31.3 Å². The van der Waals surface area contributed by atoms with Gasteiger partial charge in [0.2, 0.25) is 0 Å². The van der Waals surface area contributed by atoms with Gasteiger partial charge in [-0.25, -0.2) is 4.79 Å². The van der Waals surface area contributed by atoms with Crippen LogP contribution in [0.5, 0.6) is 0 Å². The van der Waals surface area contributed by atoms with Crippen molar-refractivity contribution >= 4 is 6.03 Å². The molecule has 0 aromatic rings. The first kappa shape index (κ1) is 16.0. The molecule has 4 heteroatoms. The fourth-order valence-corrected chi connectivity index (χ4v) is 2.05. The summed E-state index contributed by atoms with van der Waals surface area (Å²) in [6.07, 6.45) is 8.13. The van der Waals surface area contributed by atoms with Gasteiger partial charge in [0.15, 0.2) is 0 Å². The summed E-state index contributed by atoms with van der Waals surface area (Å²) in [5.74, 6) is 0. The Bertz CT molecular complexity index is 274. The van der Waals surface area contributed by atoms with Crippen LogP contribution in [0.3, 0.4) is 0 Å². The number of urea groups is 1. The molecule has 0 aromatic carbocycles. The van der Waals surface area contributed by atoms with Gasteiger partial charge in [0.1, 0.15) is 0 Å². The third kappa shape index (κ3) is 6.62. The van der Waals surface area contributed by atoms with Gasteiger partial charge in [0, 0.05) is 19.3 Å². The van der Waals surface area contributed by atoms with Gasteiger partial charge >= 0.3 is 6.03 Å². The maximum absolute atomic E-state index is 12.1. The number of hydrogen-bond acceptors (Lipinski definition) is 2. The number of ether oxygens (including phenoxy) is 1. The zero-order valence-electron chi connectivity index (χ0n) is 12.4. The Balaban J connectivity index is 2.40. The number of nitrogens with zero attached hydrogens (tertiary/aromatic N) is 1. The summed E-state index contributed by atoms with van der Waals surface area (Å²) in [4.78, 5) is 14.1. The monoisotopic (exact) mass is 268 g/mol. The summed E-state index contributed by atoms with van der Waals surface area (Å²) in [5.41, 5.74) is 1.28. The molecule has 0 aromatic heterocycles. The molecule has 0 saturated carbocycles. The zero-order valence-corrected chi connectivity index (χ0v) is 12.4. The van der Waals surface area contributed by atoms with Crippen LogP contribution in [0, 0.1) is 0 Å². The second-order valence-electron chi connectivity index (χ2n) is 5.06. The van der Waals surface area contributed by atoms with E-state index in [1.165, 1.54) is 5.57 Å². The van der Waals surface area contributed by atoms with E-state index in [2.05, 4.69) is 19.2 Å². The predicted molar refractivity (Wildman–Crippen MR) is 78.1 cm³/mol. The van der Waals surface area contributed by atoms with Crippen molar-refractivity contribution in [2.24, 2.45) is 0 Å². The molecule has 1 heterocycles. The molecule has 1 N–H and O–H groups in total. The second-order valence-corrected chi connectivity index (χ2v) is 5.06. The summed E-state index contributed by atoms with van der Waals surface area (Å²) in [6.45, 7) is 7.57. The number of nitrogens with one attached hydrogen (secondary N) is 1. The molecule has 1 rings (SSSR count).